The van der Waals surface area contributed by atoms with Gasteiger partial charge >= 0.3 is 0 Å². The van der Waals surface area contributed by atoms with Crippen molar-refractivity contribution in [3.63, 3.8) is 0 Å². The molecule has 0 spiro atoms. The smallest absolute Gasteiger partial charge is 0.259 e. The van der Waals surface area contributed by atoms with Gasteiger partial charge in [-0.15, -0.1) is 0 Å². The van der Waals surface area contributed by atoms with E-state index in [4.69, 9.17) is 37.7 Å². The summed E-state index contributed by atoms with van der Waals surface area (Å²) >= 11 is 12.6. The van der Waals surface area contributed by atoms with Crippen molar-refractivity contribution >= 4 is 57.5 Å². The largest absolute Gasteiger partial charge is 0.486 e. The number of halogens is 2. The number of carbonyl (C=O) groups excluding carboxylic acids is 1. The van der Waals surface area contributed by atoms with E-state index in [1.807, 2.05) is 13.8 Å². The topological polar surface area (TPSA) is 101 Å². The lowest BCUT2D eigenvalue weighted by Crippen LogP contribution is -2.25. The summed E-state index contributed by atoms with van der Waals surface area (Å²) in [4.78, 5) is 25.3. The van der Waals surface area contributed by atoms with Gasteiger partial charge in [0.25, 0.3) is 5.91 Å². The fraction of sp³-hybridized carbons (Fsp3) is 0.208. The number of hydrogen-bond donors (Lipinski definition) is 3. The molecule has 2 aromatic heterocycles. The van der Waals surface area contributed by atoms with Crippen molar-refractivity contribution in [1.82, 2.24) is 15.0 Å². The molecular formula is C24H21Cl2N5O3. The fourth-order valence-corrected chi connectivity index (χ4v) is 4.45. The first-order valence-corrected chi connectivity index (χ1v) is 11.3. The second kappa shape index (κ2) is 8.38. The normalized spacial score (nSPS) is 13.9. The van der Waals surface area contributed by atoms with Crippen LogP contribution in [-0.2, 0) is 6.42 Å². The zero-order valence-corrected chi connectivity index (χ0v) is 20.1. The van der Waals surface area contributed by atoms with Crippen LogP contribution in [0.4, 0.5) is 17.3 Å². The highest BCUT2D eigenvalue weighted by Crippen LogP contribution is 2.43. The highest BCUT2D eigenvalue weighted by molar-refractivity contribution is 6.39. The molecule has 0 bridgehead atoms. The Hall–Kier alpha value is -3.49. The number of benzene rings is 2. The number of H-pyrrole nitrogens is 1. The quantitative estimate of drug-likeness (QED) is 0.313. The van der Waals surface area contributed by atoms with Gasteiger partial charge in [0.15, 0.2) is 0 Å². The van der Waals surface area contributed by atoms with E-state index in [0.29, 0.717) is 62.0 Å². The van der Waals surface area contributed by atoms with E-state index in [0.717, 1.165) is 5.56 Å². The monoisotopic (exact) mass is 497 g/mol. The van der Waals surface area contributed by atoms with Crippen LogP contribution >= 0.6 is 23.2 Å². The standard InChI is InChI=1S/C24H21Cl2N5O3/c1-24(2)10-14-19-17(29-23(30-19)31-20-15(25)5-4-6-16(20)26)9-13(21(14)34-24)22(32)28-12-7-8-18(33-3)27-11-12/h4-9,11H,10H2,1-3H3,(H,28,32)(H2,29,30,31). The number of pyridine rings is 1. The van der Waals surface area contributed by atoms with Crippen molar-refractivity contribution in [2.24, 2.45) is 0 Å². The Morgan fingerprint density at radius 3 is 2.65 bits per heavy atom. The molecule has 5 rings (SSSR count). The number of carbonyl (C=O) groups is 1. The van der Waals surface area contributed by atoms with Crippen LogP contribution in [0.2, 0.25) is 10.0 Å². The van der Waals surface area contributed by atoms with E-state index in [9.17, 15) is 4.79 Å². The predicted octanol–water partition coefficient (Wildman–Crippen LogP) is 5.98. The summed E-state index contributed by atoms with van der Waals surface area (Å²) in [5.41, 5.74) is 3.26. The molecule has 0 saturated heterocycles. The van der Waals surface area contributed by atoms with Crippen molar-refractivity contribution in [2.75, 3.05) is 17.7 Å². The first kappa shape index (κ1) is 22.3. The highest BCUT2D eigenvalue weighted by atomic mass is 35.5. The van der Waals surface area contributed by atoms with Gasteiger partial charge < -0.3 is 25.1 Å². The summed E-state index contributed by atoms with van der Waals surface area (Å²) in [6.07, 6.45) is 2.13. The minimum absolute atomic E-state index is 0.318. The number of methoxy groups -OCH3 is 1. The van der Waals surface area contributed by atoms with Crippen LogP contribution in [-0.4, -0.2) is 33.6 Å². The summed E-state index contributed by atoms with van der Waals surface area (Å²) in [6, 6.07) is 10.4. The summed E-state index contributed by atoms with van der Waals surface area (Å²) in [5, 5.41) is 6.96. The van der Waals surface area contributed by atoms with Crippen molar-refractivity contribution < 1.29 is 14.3 Å². The molecule has 3 N–H and O–H groups in total. The van der Waals surface area contributed by atoms with Gasteiger partial charge in [0.05, 0.1) is 51.3 Å². The third-order valence-corrected chi connectivity index (χ3v) is 6.09. The molecule has 0 fully saturated rings. The lowest BCUT2D eigenvalue weighted by Gasteiger charge is -2.18. The van der Waals surface area contributed by atoms with Crippen LogP contribution < -0.4 is 20.1 Å². The Morgan fingerprint density at radius 1 is 1.21 bits per heavy atom. The van der Waals surface area contributed by atoms with Gasteiger partial charge in [-0.25, -0.2) is 9.97 Å². The van der Waals surface area contributed by atoms with Crippen LogP contribution in [0, 0.1) is 0 Å². The second-order valence-corrected chi connectivity index (χ2v) is 9.33. The molecule has 1 aliphatic heterocycles. The number of rotatable bonds is 5. The number of nitrogens with one attached hydrogen (secondary N) is 3. The maximum atomic E-state index is 13.2. The van der Waals surface area contributed by atoms with Gasteiger partial charge in [-0.3, -0.25) is 4.79 Å². The molecule has 10 heteroatoms. The van der Waals surface area contributed by atoms with Gasteiger partial charge in [-0.2, -0.15) is 0 Å². The zero-order valence-electron chi connectivity index (χ0n) is 18.6. The Labute approximate surface area is 205 Å². The second-order valence-electron chi connectivity index (χ2n) is 8.52. The molecule has 1 aliphatic rings. The lowest BCUT2D eigenvalue weighted by molar-refractivity contribution is 0.101. The molecule has 0 unspecified atom stereocenters. The molecule has 2 aromatic carbocycles. The minimum atomic E-state index is -0.480. The van der Waals surface area contributed by atoms with Crippen LogP contribution in [0.3, 0.4) is 0 Å². The number of fused-ring (bicyclic) bond motifs is 3. The van der Waals surface area contributed by atoms with Gasteiger partial charge in [0.1, 0.15) is 11.4 Å². The van der Waals surface area contributed by atoms with Crippen molar-refractivity contribution in [2.45, 2.75) is 25.9 Å². The van der Waals surface area contributed by atoms with Gasteiger partial charge in [0.2, 0.25) is 11.8 Å². The van der Waals surface area contributed by atoms with E-state index in [2.05, 4.69) is 20.6 Å². The van der Waals surface area contributed by atoms with Crippen LogP contribution in [0.15, 0.2) is 42.6 Å². The van der Waals surface area contributed by atoms with Crippen molar-refractivity contribution in [3.05, 3.63) is 63.8 Å². The average molecular weight is 498 g/mol. The van der Waals surface area contributed by atoms with E-state index < -0.39 is 5.60 Å². The van der Waals surface area contributed by atoms with E-state index >= 15 is 0 Å². The Kier molecular flexibility index (Phi) is 5.50. The molecule has 174 valence electrons. The molecule has 0 saturated carbocycles. The van der Waals surface area contributed by atoms with E-state index in [1.54, 1.807) is 36.4 Å². The van der Waals surface area contributed by atoms with Crippen LogP contribution in [0.25, 0.3) is 11.0 Å². The number of anilines is 3. The van der Waals surface area contributed by atoms with Crippen LogP contribution in [0.5, 0.6) is 11.6 Å². The fourth-order valence-electron chi connectivity index (χ4n) is 3.96. The SMILES string of the molecule is COc1ccc(NC(=O)c2cc3[nH]c(Nc4c(Cl)cccc4Cl)nc3c3c2OC(C)(C)C3)cn1. The first-order chi connectivity index (χ1) is 16.2. The average Bonchev–Trinajstić information content (AvgIpc) is 3.35. The van der Waals surface area contributed by atoms with Crippen LogP contribution in [0.1, 0.15) is 29.8 Å². The summed E-state index contributed by atoms with van der Waals surface area (Å²) in [7, 11) is 1.53. The summed E-state index contributed by atoms with van der Waals surface area (Å²) in [5.74, 6) is 1.11. The highest BCUT2D eigenvalue weighted by Gasteiger charge is 2.36. The Morgan fingerprint density at radius 2 is 1.97 bits per heavy atom. The third kappa shape index (κ3) is 4.10. The number of imidazole rings is 1. The molecular weight excluding hydrogens is 477 g/mol. The van der Waals surface area contributed by atoms with Gasteiger partial charge in [-0.05, 0) is 38.1 Å². The Balaban J connectivity index is 1.54. The third-order valence-electron chi connectivity index (χ3n) is 5.46. The molecule has 0 atom stereocenters. The maximum Gasteiger partial charge on any atom is 0.259 e. The number of aromatic nitrogens is 3. The molecule has 34 heavy (non-hydrogen) atoms. The number of ether oxygens (including phenoxy) is 2. The molecule has 4 aromatic rings. The lowest BCUT2D eigenvalue weighted by atomic mass is 9.98. The number of aromatic amines is 1. The number of para-hydroxylation sites is 1. The van der Waals surface area contributed by atoms with Crippen molar-refractivity contribution in [3.8, 4) is 11.6 Å². The number of amides is 1. The first-order valence-electron chi connectivity index (χ1n) is 10.5. The maximum absolute atomic E-state index is 13.2. The van der Waals surface area contributed by atoms with Gasteiger partial charge in [-0.1, -0.05) is 29.3 Å². The Bertz CT molecular complexity index is 1400. The summed E-state index contributed by atoms with van der Waals surface area (Å²) < 4.78 is 11.3. The molecule has 3 heterocycles. The number of nitrogens with zero attached hydrogens (tertiary/aromatic N) is 2. The molecule has 0 aliphatic carbocycles. The zero-order chi connectivity index (χ0) is 24.0. The number of hydrogen-bond acceptors (Lipinski definition) is 6. The van der Waals surface area contributed by atoms with E-state index in [-0.39, 0.29) is 5.91 Å². The minimum Gasteiger partial charge on any atom is -0.486 e. The van der Waals surface area contributed by atoms with E-state index in [1.165, 1.54) is 13.3 Å². The predicted molar refractivity (Wildman–Crippen MR) is 133 cm³/mol. The van der Waals surface area contributed by atoms with Crippen molar-refractivity contribution in [1.29, 1.82) is 0 Å². The summed E-state index contributed by atoms with van der Waals surface area (Å²) in [6.45, 7) is 3.95. The van der Waals surface area contributed by atoms with Gasteiger partial charge in [0, 0.05) is 18.1 Å². The molecule has 8 nitrogen and oxygen atoms in total. The molecule has 1 amide bonds. The molecule has 0 radical (unpaired) electrons.